The molecule has 0 aromatic carbocycles. The lowest BCUT2D eigenvalue weighted by atomic mass is 10.4. The van der Waals surface area contributed by atoms with E-state index in [2.05, 4.69) is 12.6 Å². The summed E-state index contributed by atoms with van der Waals surface area (Å²) in [5.74, 6) is -0.815. The molecule has 0 aromatic heterocycles. The van der Waals surface area contributed by atoms with Crippen LogP contribution < -0.4 is 5.73 Å². The van der Waals surface area contributed by atoms with Crippen molar-refractivity contribution >= 4 is 24.9 Å². The second kappa shape index (κ2) is 9.46. The number of thiol groups is 1. The monoisotopic (exact) mass is 211 g/mol. The summed E-state index contributed by atoms with van der Waals surface area (Å²) in [5, 5.41) is 23.9. The number of carboxylic acids is 1. The largest absolute Gasteiger partial charge is 0.480 e. The van der Waals surface area contributed by atoms with Gasteiger partial charge in [-0.1, -0.05) is 0 Å². The smallest absolute Gasteiger partial charge is 0.321 e. The van der Waals surface area contributed by atoms with Gasteiger partial charge in [-0.2, -0.15) is 12.6 Å². The van der Waals surface area contributed by atoms with Crippen molar-refractivity contribution in [3.63, 3.8) is 0 Å². The van der Waals surface area contributed by atoms with Gasteiger partial charge in [-0.25, -0.2) is 0 Å². The van der Waals surface area contributed by atoms with Crippen molar-refractivity contribution in [3.8, 4) is 0 Å². The average Bonchev–Trinajstić information content (AvgIpc) is 2.16. The zero-order valence-corrected chi connectivity index (χ0v) is 7.72. The van der Waals surface area contributed by atoms with E-state index in [0.29, 0.717) is 0 Å². The maximum Gasteiger partial charge on any atom is 0.321 e. The molecule has 0 aliphatic heterocycles. The Bertz CT molecular complexity index is 154. The number of carbonyl (C=O) groups is 2. The second-order valence-corrected chi connectivity index (χ2v) is 2.38. The lowest BCUT2D eigenvalue weighted by molar-refractivity contribution is -0.137. The predicted octanol–water partition coefficient (Wildman–Crippen LogP) is -2.13. The van der Waals surface area contributed by atoms with Crippen molar-refractivity contribution in [2.24, 2.45) is 5.73 Å². The van der Waals surface area contributed by atoms with Crippen molar-refractivity contribution < 1.29 is 24.9 Å². The molecule has 0 amide bonds. The average molecular weight is 211 g/mol. The summed E-state index contributed by atoms with van der Waals surface area (Å²) in [4.78, 5) is 19.1. The third kappa shape index (κ3) is 11.4. The number of carbonyl (C=O) groups excluding carboxylic acids is 1. The lowest BCUT2D eigenvalue weighted by Crippen LogP contribution is -2.31. The molecule has 0 heterocycles. The summed E-state index contributed by atoms with van der Waals surface area (Å²) in [6, 6.07) is -0.816. The van der Waals surface area contributed by atoms with Crippen molar-refractivity contribution in [1.29, 1.82) is 0 Å². The lowest BCUT2D eigenvalue weighted by Gasteiger charge is -1.96. The number of nitrogens with two attached hydrogens (primary N) is 1. The summed E-state index contributed by atoms with van der Waals surface area (Å²) >= 11 is 3.65. The molecule has 13 heavy (non-hydrogen) atoms. The van der Waals surface area contributed by atoms with Crippen LogP contribution in [-0.4, -0.2) is 52.1 Å². The van der Waals surface area contributed by atoms with Gasteiger partial charge in [-0.05, 0) is 0 Å². The van der Waals surface area contributed by atoms with Crippen LogP contribution >= 0.6 is 12.6 Å². The third-order valence-electron chi connectivity index (χ3n) is 0.858. The summed E-state index contributed by atoms with van der Waals surface area (Å²) in [7, 11) is 0. The first-order valence-corrected chi connectivity index (χ1v) is 3.96. The topological polar surface area (TPSA) is 121 Å². The van der Waals surface area contributed by atoms with Crippen LogP contribution in [0.15, 0.2) is 0 Å². The van der Waals surface area contributed by atoms with Gasteiger partial charge in [0.2, 0.25) is 0 Å². The number of hydrogen-bond donors (Lipinski definition) is 5. The number of aliphatic carboxylic acids is 1. The number of aldehydes is 1. The molecule has 2 atom stereocenters. The molecule has 0 aliphatic rings. The van der Waals surface area contributed by atoms with Crippen LogP contribution in [0.25, 0.3) is 0 Å². The molecule has 0 saturated heterocycles. The molecule has 0 spiro atoms. The zero-order chi connectivity index (χ0) is 10.9. The van der Waals surface area contributed by atoms with E-state index in [1.54, 1.807) is 0 Å². The Kier molecular flexibility index (Phi) is 10.8. The molecule has 0 rings (SSSR count). The maximum absolute atomic E-state index is 9.76. The number of aliphatic hydroxyl groups is 2. The number of rotatable bonds is 4. The summed E-state index contributed by atoms with van der Waals surface area (Å²) < 4.78 is 0. The van der Waals surface area contributed by atoms with Gasteiger partial charge in [0.1, 0.15) is 12.1 Å². The van der Waals surface area contributed by atoms with Crippen molar-refractivity contribution in [2.75, 3.05) is 12.4 Å². The fourth-order valence-corrected chi connectivity index (χ4v) is 0.277. The van der Waals surface area contributed by atoms with E-state index in [1.807, 2.05) is 0 Å². The second-order valence-electron chi connectivity index (χ2n) is 2.01. The van der Waals surface area contributed by atoms with Crippen LogP contribution in [0.1, 0.15) is 0 Å². The van der Waals surface area contributed by atoms with E-state index >= 15 is 0 Å². The van der Waals surface area contributed by atoms with Crippen LogP contribution in [0.3, 0.4) is 0 Å². The highest BCUT2D eigenvalue weighted by Gasteiger charge is 2.06. The van der Waals surface area contributed by atoms with Gasteiger partial charge < -0.3 is 25.8 Å². The Hall–Kier alpha value is -0.630. The van der Waals surface area contributed by atoms with Gasteiger partial charge in [-0.3, -0.25) is 4.79 Å². The minimum Gasteiger partial charge on any atom is -0.480 e. The molecule has 0 bridgehead atoms. The van der Waals surface area contributed by atoms with Gasteiger partial charge in [-0.15, -0.1) is 0 Å². The zero-order valence-electron chi connectivity index (χ0n) is 6.83. The van der Waals surface area contributed by atoms with Crippen LogP contribution in [0.4, 0.5) is 0 Å². The van der Waals surface area contributed by atoms with Crippen LogP contribution in [0.2, 0.25) is 0 Å². The highest BCUT2D eigenvalue weighted by Crippen LogP contribution is 1.80. The first-order valence-electron chi connectivity index (χ1n) is 3.33. The summed E-state index contributed by atoms with van der Waals surface area (Å²) in [5.41, 5.74) is 4.94. The third-order valence-corrected chi connectivity index (χ3v) is 1.25. The van der Waals surface area contributed by atoms with Crippen molar-refractivity contribution in [3.05, 3.63) is 0 Å². The quantitative estimate of drug-likeness (QED) is 0.267. The van der Waals surface area contributed by atoms with Gasteiger partial charge in [0, 0.05) is 5.75 Å². The normalized spacial score (nSPS) is 13.5. The Labute approximate surface area is 80.8 Å². The number of aliphatic hydroxyl groups excluding tert-OH is 2. The maximum atomic E-state index is 9.76. The summed E-state index contributed by atoms with van der Waals surface area (Å²) in [6.07, 6.45) is -0.912. The van der Waals surface area contributed by atoms with Crippen molar-refractivity contribution in [1.82, 2.24) is 0 Å². The molecule has 1 unspecified atom stereocenters. The van der Waals surface area contributed by atoms with E-state index in [9.17, 15) is 9.59 Å². The predicted molar refractivity (Wildman–Crippen MR) is 48.6 cm³/mol. The molecule has 0 saturated carbocycles. The van der Waals surface area contributed by atoms with E-state index in [-0.39, 0.29) is 12.0 Å². The molecule has 0 fully saturated rings. The highest BCUT2D eigenvalue weighted by molar-refractivity contribution is 7.80. The molecular formula is C6H13NO5S. The minimum absolute atomic E-state index is 0.190. The molecule has 0 aliphatic carbocycles. The highest BCUT2D eigenvalue weighted by atomic mass is 32.1. The standard InChI is InChI=1S/C3H7NO2S.C3H6O3/c4-2(1-7)3(5)6;4-1-3(6)2-5/h2,7H,1,4H2,(H,5,6);1,3,5-6H,2H2/t2-;/m0./s1. The van der Waals surface area contributed by atoms with E-state index in [0.717, 1.165) is 0 Å². The van der Waals surface area contributed by atoms with Gasteiger partial charge in [0.25, 0.3) is 0 Å². The molecule has 0 aromatic rings. The molecule has 0 radical (unpaired) electrons. The van der Waals surface area contributed by atoms with Crippen LogP contribution in [-0.2, 0) is 9.59 Å². The Morgan fingerprint density at radius 2 is 2.08 bits per heavy atom. The number of carboxylic acid groups (broad SMARTS) is 1. The Morgan fingerprint density at radius 3 is 2.08 bits per heavy atom. The van der Waals surface area contributed by atoms with Crippen LogP contribution in [0, 0.1) is 0 Å². The van der Waals surface area contributed by atoms with Crippen LogP contribution in [0.5, 0.6) is 0 Å². The molecule has 7 heteroatoms. The SMILES string of the molecule is N[C@@H](CS)C(=O)O.O=CC(O)CO. The van der Waals surface area contributed by atoms with Gasteiger partial charge in [0.15, 0.2) is 6.29 Å². The molecule has 6 nitrogen and oxygen atoms in total. The fraction of sp³-hybridized carbons (Fsp3) is 0.667. The molecule has 78 valence electrons. The van der Waals surface area contributed by atoms with E-state index in [1.165, 1.54) is 0 Å². The first kappa shape index (κ1) is 14.9. The molecular weight excluding hydrogens is 198 g/mol. The van der Waals surface area contributed by atoms with Gasteiger partial charge >= 0.3 is 5.97 Å². The van der Waals surface area contributed by atoms with E-state index < -0.39 is 24.7 Å². The van der Waals surface area contributed by atoms with Gasteiger partial charge in [0.05, 0.1) is 6.61 Å². The minimum atomic E-state index is -1.19. The Balaban J connectivity index is 0. The van der Waals surface area contributed by atoms with E-state index in [4.69, 9.17) is 21.1 Å². The summed E-state index contributed by atoms with van der Waals surface area (Å²) in [6.45, 7) is -0.483. The first-order chi connectivity index (χ1) is 5.99. The fourth-order valence-electron chi connectivity index (χ4n) is 0.121. The Morgan fingerprint density at radius 1 is 1.62 bits per heavy atom. The number of hydrogen-bond acceptors (Lipinski definition) is 6. The van der Waals surface area contributed by atoms with Crippen molar-refractivity contribution in [2.45, 2.75) is 12.1 Å². The molecule has 5 N–H and O–H groups in total.